The van der Waals surface area contributed by atoms with E-state index in [9.17, 15) is 14.4 Å². The first kappa shape index (κ1) is 20.4. The summed E-state index contributed by atoms with van der Waals surface area (Å²) in [5.41, 5.74) is 1.84. The van der Waals surface area contributed by atoms with Gasteiger partial charge in [0.2, 0.25) is 0 Å². The van der Waals surface area contributed by atoms with Crippen LogP contribution < -0.4 is 9.47 Å². The second-order valence-corrected chi connectivity index (χ2v) is 6.36. The van der Waals surface area contributed by atoms with E-state index in [2.05, 4.69) is 0 Å². The summed E-state index contributed by atoms with van der Waals surface area (Å²) in [7, 11) is 2.84. The van der Waals surface area contributed by atoms with Crippen LogP contribution in [-0.4, -0.2) is 31.8 Å². The van der Waals surface area contributed by atoms with Crippen molar-refractivity contribution in [2.24, 2.45) is 0 Å². The zero-order valence-electron chi connectivity index (χ0n) is 16.3. The van der Waals surface area contributed by atoms with Crippen LogP contribution in [0.5, 0.6) is 11.5 Å². The summed E-state index contributed by atoms with van der Waals surface area (Å²) in [4.78, 5) is 36.8. The topological polar surface area (TPSA) is 78.9 Å². The molecule has 6 heteroatoms. The molecule has 0 bridgehead atoms. The smallest absolute Gasteiger partial charge is 0.306 e. The Hall–Kier alpha value is -2.89. The lowest BCUT2D eigenvalue weighted by molar-refractivity contribution is -0.149. The number of ketones is 2. The Morgan fingerprint density at radius 1 is 1.07 bits per heavy atom. The molecule has 0 N–H and O–H groups in total. The average molecular weight is 372 g/mol. The summed E-state index contributed by atoms with van der Waals surface area (Å²) in [5.74, 6) is -0.590. The molecule has 6 nitrogen and oxygen atoms in total. The lowest BCUT2D eigenvalue weighted by Crippen LogP contribution is -2.18. The van der Waals surface area contributed by atoms with Crippen LogP contribution in [0.4, 0.5) is 0 Å². The first-order valence-electron chi connectivity index (χ1n) is 8.72. The van der Waals surface area contributed by atoms with E-state index in [0.29, 0.717) is 12.0 Å². The minimum atomic E-state index is -0.671. The Bertz CT molecular complexity index is 828. The van der Waals surface area contributed by atoms with Crippen LogP contribution in [0, 0.1) is 0 Å². The number of allylic oxidation sites excluding steroid dienone is 3. The van der Waals surface area contributed by atoms with Crippen molar-refractivity contribution in [3.63, 3.8) is 0 Å². The minimum Gasteiger partial charge on any atom is -0.496 e. The van der Waals surface area contributed by atoms with Crippen molar-refractivity contribution < 1.29 is 28.6 Å². The number of carbonyl (C=O) groups is 3. The number of benzene rings is 1. The van der Waals surface area contributed by atoms with Crippen molar-refractivity contribution >= 4 is 17.5 Å². The van der Waals surface area contributed by atoms with Crippen LogP contribution in [0.25, 0.3) is 0 Å². The van der Waals surface area contributed by atoms with Gasteiger partial charge >= 0.3 is 5.97 Å². The molecule has 27 heavy (non-hydrogen) atoms. The molecule has 1 atom stereocenters. The Morgan fingerprint density at radius 2 is 1.70 bits per heavy atom. The Balaban J connectivity index is 2.71. The number of hydrogen-bond acceptors (Lipinski definition) is 6. The molecule has 2 rings (SSSR count). The van der Waals surface area contributed by atoms with Gasteiger partial charge in [-0.1, -0.05) is 18.6 Å². The first-order valence-corrected chi connectivity index (χ1v) is 8.72. The van der Waals surface area contributed by atoms with Crippen molar-refractivity contribution in [1.82, 2.24) is 0 Å². The number of rotatable bonds is 7. The van der Waals surface area contributed by atoms with Gasteiger partial charge in [0, 0.05) is 18.4 Å². The van der Waals surface area contributed by atoms with Crippen LogP contribution in [0.15, 0.2) is 29.9 Å². The van der Waals surface area contributed by atoms with Gasteiger partial charge in [0.05, 0.1) is 25.3 Å². The maximum atomic E-state index is 12.5. The van der Waals surface area contributed by atoms with Gasteiger partial charge in [-0.2, -0.15) is 0 Å². The lowest BCUT2D eigenvalue weighted by atomic mass is 9.88. The molecule has 0 radical (unpaired) electrons. The molecule has 0 fully saturated rings. The van der Waals surface area contributed by atoms with Gasteiger partial charge in [-0.05, 0) is 32.1 Å². The summed E-state index contributed by atoms with van der Waals surface area (Å²) in [6.07, 6.45) is 4.31. The summed E-state index contributed by atoms with van der Waals surface area (Å²) < 4.78 is 16.4. The predicted octanol–water partition coefficient (Wildman–Crippen LogP) is 3.99. The standard InChI is InChI=1S/C21H24O6/c1-6-18(24)27-16(10-7-12(2)3)13-11-17(25-4)19-14(22)8-9-15(23)20(19)21(13)26-5/h7-9,11,16H,6,10H2,1-5H3/t16-/m1/s1. The average Bonchev–Trinajstić information content (AvgIpc) is 2.66. The van der Waals surface area contributed by atoms with Crippen LogP contribution in [0.1, 0.15) is 66.0 Å². The third-order valence-corrected chi connectivity index (χ3v) is 4.22. The van der Waals surface area contributed by atoms with E-state index in [4.69, 9.17) is 14.2 Å². The van der Waals surface area contributed by atoms with E-state index in [0.717, 1.165) is 5.57 Å². The highest BCUT2D eigenvalue weighted by molar-refractivity contribution is 6.24. The molecule has 0 aliphatic heterocycles. The van der Waals surface area contributed by atoms with Crippen LogP contribution in [0.2, 0.25) is 0 Å². The second kappa shape index (κ2) is 8.66. The third kappa shape index (κ3) is 4.27. The van der Waals surface area contributed by atoms with Crippen molar-refractivity contribution in [2.45, 2.75) is 39.7 Å². The van der Waals surface area contributed by atoms with Crippen LogP contribution in [-0.2, 0) is 9.53 Å². The first-order chi connectivity index (χ1) is 12.8. The maximum Gasteiger partial charge on any atom is 0.306 e. The fourth-order valence-corrected chi connectivity index (χ4v) is 2.90. The van der Waals surface area contributed by atoms with E-state index in [1.807, 2.05) is 19.9 Å². The van der Waals surface area contributed by atoms with E-state index in [1.165, 1.54) is 26.4 Å². The molecular weight excluding hydrogens is 348 g/mol. The summed E-state index contributed by atoms with van der Waals surface area (Å²) in [6, 6.07) is 1.61. The number of methoxy groups -OCH3 is 2. The summed E-state index contributed by atoms with van der Waals surface area (Å²) in [6.45, 7) is 5.59. The number of esters is 1. The molecule has 0 amide bonds. The molecule has 1 aromatic rings. The van der Waals surface area contributed by atoms with Gasteiger partial charge in [-0.25, -0.2) is 0 Å². The highest BCUT2D eigenvalue weighted by Crippen LogP contribution is 2.42. The summed E-state index contributed by atoms with van der Waals surface area (Å²) >= 11 is 0. The van der Waals surface area contributed by atoms with E-state index in [-0.39, 0.29) is 46.6 Å². The van der Waals surface area contributed by atoms with Crippen molar-refractivity contribution in [2.75, 3.05) is 14.2 Å². The lowest BCUT2D eigenvalue weighted by Gasteiger charge is -2.24. The quantitative estimate of drug-likeness (QED) is 0.532. The van der Waals surface area contributed by atoms with Gasteiger partial charge in [-0.15, -0.1) is 0 Å². The molecular formula is C21H24O6. The molecule has 0 spiro atoms. The molecule has 0 heterocycles. The number of fused-ring (bicyclic) bond motifs is 1. The molecule has 144 valence electrons. The Morgan fingerprint density at radius 3 is 2.22 bits per heavy atom. The fourth-order valence-electron chi connectivity index (χ4n) is 2.90. The predicted molar refractivity (Wildman–Crippen MR) is 101 cm³/mol. The van der Waals surface area contributed by atoms with Crippen molar-refractivity contribution in [3.8, 4) is 11.5 Å². The van der Waals surface area contributed by atoms with Crippen molar-refractivity contribution in [3.05, 3.63) is 46.6 Å². The number of ether oxygens (including phenoxy) is 3. The molecule has 1 aromatic carbocycles. The van der Waals surface area contributed by atoms with Crippen LogP contribution >= 0.6 is 0 Å². The molecule has 1 aliphatic rings. The van der Waals surface area contributed by atoms with Gasteiger partial charge < -0.3 is 14.2 Å². The molecule has 0 saturated carbocycles. The van der Waals surface area contributed by atoms with Gasteiger partial charge in [0.15, 0.2) is 11.6 Å². The van der Waals surface area contributed by atoms with Gasteiger partial charge in [0.1, 0.15) is 17.6 Å². The number of carbonyl (C=O) groups excluding carboxylic acids is 3. The Labute approximate surface area is 158 Å². The van der Waals surface area contributed by atoms with E-state index in [1.54, 1.807) is 13.0 Å². The zero-order chi connectivity index (χ0) is 20.1. The molecule has 0 aromatic heterocycles. The largest absolute Gasteiger partial charge is 0.496 e. The normalized spacial score (nSPS) is 13.7. The third-order valence-electron chi connectivity index (χ3n) is 4.22. The van der Waals surface area contributed by atoms with Gasteiger partial charge in [-0.3, -0.25) is 14.4 Å². The SMILES string of the molecule is CCC(=O)O[C@H](CC=C(C)C)c1cc(OC)c2c(c1OC)C(=O)C=CC2=O. The molecule has 0 unspecified atom stereocenters. The fraction of sp³-hybridized carbons (Fsp3) is 0.381. The Kier molecular flexibility index (Phi) is 6.55. The monoisotopic (exact) mass is 372 g/mol. The molecule has 1 aliphatic carbocycles. The van der Waals surface area contributed by atoms with E-state index >= 15 is 0 Å². The second-order valence-electron chi connectivity index (χ2n) is 6.36. The minimum absolute atomic E-state index is 0.133. The molecule has 0 saturated heterocycles. The highest BCUT2D eigenvalue weighted by Gasteiger charge is 2.32. The van der Waals surface area contributed by atoms with Crippen LogP contribution in [0.3, 0.4) is 0 Å². The highest BCUT2D eigenvalue weighted by atomic mass is 16.5. The van der Waals surface area contributed by atoms with Gasteiger partial charge in [0.25, 0.3) is 0 Å². The zero-order valence-corrected chi connectivity index (χ0v) is 16.3. The maximum absolute atomic E-state index is 12.5. The van der Waals surface area contributed by atoms with Crippen molar-refractivity contribution in [1.29, 1.82) is 0 Å². The number of hydrogen-bond donors (Lipinski definition) is 0. The summed E-state index contributed by atoms with van der Waals surface area (Å²) in [5, 5.41) is 0. The van der Waals surface area contributed by atoms with E-state index < -0.39 is 6.10 Å².